The number of hydrogen-bond acceptors (Lipinski definition) is 2. The van der Waals surface area contributed by atoms with Gasteiger partial charge in [-0.25, -0.2) is 4.79 Å². The molecule has 0 fully saturated rings. The fourth-order valence-electron chi connectivity index (χ4n) is 1.27. The molecule has 0 saturated carbocycles. The van der Waals surface area contributed by atoms with Crippen LogP contribution in [0.1, 0.15) is 29.4 Å². The Morgan fingerprint density at radius 1 is 1.53 bits per heavy atom. The number of aryl methyl sites for hydroxylation is 1. The van der Waals surface area contributed by atoms with Gasteiger partial charge in [-0.15, -0.1) is 0 Å². The summed E-state index contributed by atoms with van der Waals surface area (Å²) < 4.78 is 1.52. The van der Waals surface area contributed by atoms with Crippen LogP contribution in [0.15, 0.2) is 12.3 Å². The van der Waals surface area contributed by atoms with Gasteiger partial charge in [0.25, 0.3) is 0 Å². The van der Waals surface area contributed by atoms with Crippen molar-refractivity contribution < 1.29 is 14.7 Å². The van der Waals surface area contributed by atoms with Gasteiger partial charge < -0.3 is 15.0 Å². The molecular formula is C10H14N2O3. The van der Waals surface area contributed by atoms with Crippen LogP contribution in [0.4, 0.5) is 0 Å². The Morgan fingerprint density at radius 2 is 2.20 bits per heavy atom. The van der Waals surface area contributed by atoms with E-state index in [1.807, 2.05) is 0 Å². The zero-order valence-corrected chi connectivity index (χ0v) is 8.78. The van der Waals surface area contributed by atoms with E-state index >= 15 is 0 Å². The van der Waals surface area contributed by atoms with Crippen molar-refractivity contribution in [2.24, 2.45) is 7.05 Å². The van der Waals surface area contributed by atoms with Gasteiger partial charge in [-0.2, -0.15) is 0 Å². The van der Waals surface area contributed by atoms with Gasteiger partial charge in [0, 0.05) is 26.2 Å². The molecule has 5 nitrogen and oxygen atoms in total. The number of rotatable bonds is 4. The van der Waals surface area contributed by atoms with E-state index in [2.05, 4.69) is 5.32 Å². The van der Waals surface area contributed by atoms with Gasteiger partial charge in [0.15, 0.2) is 0 Å². The number of nitrogens with one attached hydrogen (secondary N) is 1. The number of aromatic nitrogens is 1. The highest BCUT2D eigenvalue weighted by Crippen LogP contribution is 2.06. The maximum atomic E-state index is 11.0. The summed E-state index contributed by atoms with van der Waals surface area (Å²) in [6.07, 6.45) is 2.12. The van der Waals surface area contributed by atoms with E-state index in [1.165, 1.54) is 4.57 Å². The van der Waals surface area contributed by atoms with Crippen LogP contribution in [0.25, 0.3) is 0 Å². The average Bonchev–Trinajstić information content (AvgIpc) is 2.56. The number of carbonyl (C=O) groups is 2. The lowest BCUT2D eigenvalue weighted by atomic mass is 10.3. The highest BCUT2D eigenvalue weighted by molar-refractivity contribution is 5.86. The molecule has 5 heteroatoms. The van der Waals surface area contributed by atoms with Crippen LogP contribution >= 0.6 is 0 Å². The Morgan fingerprint density at radius 3 is 2.67 bits per heavy atom. The Hall–Kier alpha value is -1.78. The summed E-state index contributed by atoms with van der Waals surface area (Å²) >= 11 is 0. The van der Waals surface area contributed by atoms with E-state index in [0.29, 0.717) is 13.0 Å². The van der Waals surface area contributed by atoms with Crippen molar-refractivity contribution in [3.8, 4) is 0 Å². The molecule has 1 rings (SSSR count). The predicted octanol–water partition coefficient (Wildman–Crippen LogP) is 0.749. The molecule has 1 aromatic rings. The number of aromatic carboxylic acids is 1. The largest absolute Gasteiger partial charge is 0.477 e. The Balaban J connectivity index is 2.67. The monoisotopic (exact) mass is 210 g/mol. The van der Waals surface area contributed by atoms with E-state index in [1.54, 1.807) is 26.2 Å². The van der Waals surface area contributed by atoms with Crippen molar-refractivity contribution >= 4 is 11.9 Å². The van der Waals surface area contributed by atoms with Crippen molar-refractivity contribution in [3.63, 3.8) is 0 Å². The van der Waals surface area contributed by atoms with E-state index in [-0.39, 0.29) is 11.6 Å². The van der Waals surface area contributed by atoms with Crippen molar-refractivity contribution in [2.45, 2.75) is 19.9 Å². The molecule has 0 aromatic carbocycles. The lowest BCUT2D eigenvalue weighted by Gasteiger charge is -1.99. The van der Waals surface area contributed by atoms with Crippen molar-refractivity contribution in [1.82, 2.24) is 9.88 Å². The number of hydrogen-bond donors (Lipinski definition) is 2. The van der Waals surface area contributed by atoms with Gasteiger partial charge >= 0.3 is 5.97 Å². The minimum atomic E-state index is -0.967. The molecular weight excluding hydrogens is 196 g/mol. The normalized spacial score (nSPS) is 10.0. The van der Waals surface area contributed by atoms with Crippen LogP contribution < -0.4 is 5.32 Å². The predicted molar refractivity (Wildman–Crippen MR) is 54.5 cm³/mol. The molecule has 1 amide bonds. The maximum Gasteiger partial charge on any atom is 0.352 e. The van der Waals surface area contributed by atoms with Crippen LogP contribution in [0.2, 0.25) is 0 Å². The van der Waals surface area contributed by atoms with Crippen molar-refractivity contribution in [1.29, 1.82) is 0 Å². The molecule has 0 spiro atoms. The first-order chi connectivity index (χ1) is 7.04. The third kappa shape index (κ3) is 2.83. The third-order valence-electron chi connectivity index (χ3n) is 2.09. The topological polar surface area (TPSA) is 71.3 Å². The lowest BCUT2D eigenvalue weighted by Crippen LogP contribution is -2.21. The number of amides is 1. The molecule has 1 aromatic heterocycles. The molecule has 0 atom stereocenters. The SMILES string of the molecule is CCC(=O)NCc1cc(C(=O)O)n(C)c1. The summed E-state index contributed by atoms with van der Waals surface area (Å²) in [6, 6.07) is 1.55. The minimum Gasteiger partial charge on any atom is -0.477 e. The summed E-state index contributed by atoms with van der Waals surface area (Å²) in [5, 5.41) is 11.5. The number of carboxylic acids is 1. The van der Waals surface area contributed by atoms with Crippen molar-refractivity contribution in [3.05, 3.63) is 23.5 Å². The zero-order chi connectivity index (χ0) is 11.4. The first kappa shape index (κ1) is 11.3. The van der Waals surface area contributed by atoms with Crippen molar-refractivity contribution in [2.75, 3.05) is 0 Å². The Kier molecular flexibility index (Phi) is 3.49. The van der Waals surface area contributed by atoms with Gasteiger partial charge in [0.1, 0.15) is 5.69 Å². The zero-order valence-electron chi connectivity index (χ0n) is 8.78. The molecule has 82 valence electrons. The summed E-state index contributed by atoms with van der Waals surface area (Å²) in [5.74, 6) is -1.01. The second kappa shape index (κ2) is 4.63. The molecule has 2 N–H and O–H groups in total. The molecule has 0 aliphatic carbocycles. The highest BCUT2D eigenvalue weighted by atomic mass is 16.4. The fraction of sp³-hybridized carbons (Fsp3) is 0.400. The van der Waals surface area contributed by atoms with Gasteiger partial charge in [-0.05, 0) is 11.6 Å². The lowest BCUT2D eigenvalue weighted by molar-refractivity contribution is -0.120. The van der Waals surface area contributed by atoms with E-state index in [0.717, 1.165) is 5.56 Å². The molecule has 15 heavy (non-hydrogen) atoms. The summed E-state index contributed by atoms with van der Waals surface area (Å²) in [4.78, 5) is 21.7. The van der Waals surface area contributed by atoms with Gasteiger partial charge in [-0.3, -0.25) is 4.79 Å². The number of carboxylic acid groups (broad SMARTS) is 1. The van der Waals surface area contributed by atoms with Crippen LogP contribution in [-0.2, 0) is 18.4 Å². The number of carbonyl (C=O) groups excluding carboxylic acids is 1. The quantitative estimate of drug-likeness (QED) is 0.770. The van der Waals surface area contributed by atoms with Gasteiger partial charge in [0.2, 0.25) is 5.91 Å². The van der Waals surface area contributed by atoms with Gasteiger partial charge in [0.05, 0.1) is 0 Å². The molecule has 0 unspecified atom stereocenters. The minimum absolute atomic E-state index is 0.0456. The second-order valence-electron chi connectivity index (χ2n) is 3.28. The van der Waals surface area contributed by atoms with Gasteiger partial charge in [-0.1, -0.05) is 6.92 Å². The van der Waals surface area contributed by atoms with E-state index in [9.17, 15) is 9.59 Å². The van der Waals surface area contributed by atoms with Crippen LogP contribution in [-0.4, -0.2) is 21.6 Å². The average molecular weight is 210 g/mol. The molecule has 0 radical (unpaired) electrons. The molecule has 0 bridgehead atoms. The third-order valence-corrected chi connectivity index (χ3v) is 2.09. The summed E-state index contributed by atoms with van der Waals surface area (Å²) in [7, 11) is 1.66. The number of nitrogens with zero attached hydrogens (tertiary/aromatic N) is 1. The molecule has 0 aliphatic rings. The molecule has 0 aliphatic heterocycles. The van der Waals surface area contributed by atoms with Crippen LogP contribution in [0.5, 0.6) is 0 Å². The Labute approximate surface area is 87.7 Å². The molecule has 0 saturated heterocycles. The smallest absolute Gasteiger partial charge is 0.352 e. The molecule has 1 heterocycles. The fourth-order valence-corrected chi connectivity index (χ4v) is 1.27. The second-order valence-corrected chi connectivity index (χ2v) is 3.28. The summed E-state index contributed by atoms with van der Waals surface area (Å²) in [6.45, 7) is 2.14. The first-order valence-corrected chi connectivity index (χ1v) is 4.69. The standard InChI is InChI=1S/C10H14N2O3/c1-3-9(13)11-5-7-4-8(10(14)15)12(2)6-7/h4,6H,3,5H2,1-2H3,(H,11,13)(H,14,15). The van der Waals surface area contributed by atoms with E-state index in [4.69, 9.17) is 5.11 Å². The highest BCUT2D eigenvalue weighted by Gasteiger charge is 2.09. The van der Waals surface area contributed by atoms with Crippen LogP contribution in [0.3, 0.4) is 0 Å². The maximum absolute atomic E-state index is 11.0. The first-order valence-electron chi connectivity index (χ1n) is 4.69. The van der Waals surface area contributed by atoms with Crippen LogP contribution in [0, 0.1) is 0 Å². The Bertz CT molecular complexity index is 382. The van der Waals surface area contributed by atoms with E-state index < -0.39 is 5.97 Å². The summed E-state index contributed by atoms with van der Waals surface area (Å²) in [5.41, 5.74) is 1.01.